The van der Waals surface area contributed by atoms with Gasteiger partial charge in [-0.3, -0.25) is 0 Å². The quantitative estimate of drug-likeness (QED) is 0.623. The molecule has 0 aromatic heterocycles. The van der Waals surface area contributed by atoms with E-state index in [4.69, 9.17) is 4.74 Å². The van der Waals surface area contributed by atoms with Crippen molar-refractivity contribution >= 4 is 16.1 Å². The largest absolute Gasteiger partial charge is 0.446 e. The predicted molar refractivity (Wildman–Crippen MR) is 118 cm³/mol. The molecule has 6 nitrogen and oxygen atoms in total. The molecule has 1 saturated carbocycles. The smallest absolute Gasteiger partial charge is 0.410 e. The van der Waals surface area contributed by atoms with Crippen molar-refractivity contribution in [1.82, 2.24) is 9.62 Å². The van der Waals surface area contributed by atoms with Crippen molar-refractivity contribution in [3.05, 3.63) is 35.1 Å². The van der Waals surface area contributed by atoms with E-state index in [2.05, 4.69) is 16.6 Å². The lowest BCUT2D eigenvalue weighted by atomic mass is 9.98. The van der Waals surface area contributed by atoms with E-state index in [0.717, 1.165) is 12.8 Å². The third-order valence-electron chi connectivity index (χ3n) is 5.93. The molecule has 1 aliphatic heterocycles. The highest BCUT2D eigenvalue weighted by Gasteiger charge is 2.40. The average molecular weight is 469 g/mol. The van der Waals surface area contributed by atoms with Crippen LogP contribution in [-0.2, 0) is 21.2 Å². The molecule has 0 radical (unpaired) electrons. The Balaban J connectivity index is 1.85. The maximum atomic E-state index is 15.2. The first-order valence-corrected chi connectivity index (χ1v) is 12.6. The third-order valence-corrected chi connectivity index (χ3v) is 7.36. The van der Waals surface area contributed by atoms with Crippen LogP contribution in [0.5, 0.6) is 0 Å². The van der Waals surface area contributed by atoms with E-state index < -0.39 is 46.8 Å². The second-order valence-corrected chi connectivity index (χ2v) is 10.9. The third kappa shape index (κ3) is 6.20. The highest BCUT2D eigenvalue weighted by molar-refractivity contribution is 7.89. The first kappa shape index (κ1) is 24.5. The van der Waals surface area contributed by atoms with Gasteiger partial charge in [0.2, 0.25) is 10.0 Å². The Morgan fingerprint density at radius 3 is 2.75 bits per heavy atom. The molecule has 1 aromatic rings. The van der Waals surface area contributed by atoms with Crippen LogP contribution in [0.3, 0.4) is 0 Å². The molecular weight excluding hydrogens is 438 g/mol. The van der Waals surface area contributed by atoms with Gasteiger partial charge < -0.3 is 9.64 Å². The summed E-state index contributed by atoms with van der Waals surface area (Å²) in [5.74, 6) is 5.45. The molecule has 1 heterocycles. The van der Waals surface area contributed by atoms with Crippen molar-refractivity contribution in [2.75, 3.05) is 18.9 Å². The summed E-state index contributed by atoms with van der Waals surface area (Å²) in [6, 6.07) is 3.65. The fraction of sp³-hybridized carbons (Fsp3) is 0.609. The number of benzene rings is 1. The minimum absolute atomic E-state index is 0.0501. The highest BCUT2D eigenvalue weighted by atomic mass is 32.2. The van der Waals surface area contributed by atoms with Gasteiger partial charge in [-0.05, 0) is 58.1 Å². The summed E-state index contributed by atoms with van der Waals surface area (Å²) in [4.78, 5) is 13.9. The Hall–Kier alpha value is -2.18. The van der Waals surface area contributed by atoms with Crippen LogP contribution in [0, 0.1) is 23.1 Å². The maximum absolute atomic E-state index is 15.2. The van der Waals surface area contributed by atoms with Gasteiger partial charge in [-0.1, -0.05) is 24.0 Å². The highest BCUT2D eigenvalue weighted by Crippen LogP contribution is 2.44. The monoisotopic (exact) mass is 468 g/mol. The summed E-state index contributed by atoms with van der Waals surface area (Å²) in [6.07, 6.45) is 0.361. The van der Waals surface area contributed by atoms with E-state index in [1.54, 1.807) is 18.2 Å². The van der Waals surface area contributed by atoms with Crippen molar-refractivity contribution in [3.8, 4) is 11.8 Å². The second kappa shape index (κ2) is 9.75. The van der Waals surface area contributed by atoms with E-state index >= 15 is 4.39 Å². The number of carbonyl (C=O) groups is 1. The number of hydrogen-bond donors (Lipinski definition) is 1. The van der Waals surface area contributed by atoms with Crippen molar-refractivity contribution < 1.29 is 26.7 Å². The van der Waals surface area contributed by atoms with Crippen LogP contribution >= 0.6 is 0 Å². The Kier molecular flexibility index (Phi) is 7.46. The Bertz CT molecular complexity index is 1010. The molecule has 1 amide bonds. The number of nitrogens with one attached hydrogen (secondary N) is 1. The van der Waals surface area contributed by atoms with Crippen molar-refractivity contribution in [2.45, 2.75) is 64.7 Å². The molecule has 2 aliphatic rings. The normalized spacial score (nSPS) is 22.7. The summed E-state index contributed by atoms with van der Waals surface area (Å²) in [5.41, 5.74) is 0.563. The topological polar surface area (TPSA) is 75.7 Å². The molecule has 1 N–H and O–H groups in total. The van der Waals surface area contributed by atoms with E-state index in [1.165, 1.54) is 18.7 Å². The molecule has 32 heavy (non-hydrogen) atoms. The predicted octanol–water partition coefficient (Wildman–Crippen LogP) is 3.40. The van der Waals surface area contributed by atoms with Crippen molar-refractivity contribution in [2.24, 2.45) is 5.41 Å². The van der Waals surface area contributed by atoms with Crippen LogP contribution in [0.4, 0.5) is 13.6 Å². The van der Waals surface area contributed by atoms with Gasteiger partial charge in [-0.2, -0.15) is 0 Å². The molecule has 176 valence electrons. The second-order valence-electron chi connectivity index (χ2n) is 8.83. The summed E-state index contributed by atoms with van der Waals surface area (Å²) in [5, 5.41) is 0. The Morgan fingerprint density at radius 2 is 2.12 bits per heavy atom. The first-order valence-electron chi connectivity index (χ1n) is 10.9. The van der Waals surface area contributed by atoms with Gasteiger partial charge in [0, 0.05) is 18.0 Å². The molecule has 9 heteroatoms. The van der Waals surface area contributed by atoms with Crippen molar-refractivity contribution in [1.29, 1.82) is 0 Å². The number of ether oxygens (including phenoxy) is 1. The molecule has 0 bridgehead atoms. The van der Waals surface area contributed by atoms with Gasteiger partial charge in [-0.15, -0.1) is 0 Å². The lowest BCUT2D eigenvalue weighted by Crippen LogP contribution is -2.48. The standard InChI is InChI=1S/C23H30F2N2O4S/c1-4-32(29,30)26-19-9-13-27(22(28)31-15-16(2)24)20(19)14-18-7-5-6-17(21(18)25)8-10-23(3)11-12-23/h5-7,16,19-20,26H,4,9,11-15H2,1-3H3. The molecule has 3 atom stereocenters. The van der Waals surface area contributed by atoms with Gasteiger partial charge in [-0.25, -0.2) is 26.7 Å². The number of carbonyl (C=O) groups excluding carboxylic acids is 1. The minimum Gasteiger partial charge on any atom is -0.446 e. The molecule has 1 aromatic carbocycles. The van der Waals surface area contributed by atoms with E-state index in [1.807, 2.05) is 6.92 Å². The zero-order valence-electron chi connectivity index (χ0n) is 18.7. The Labute approximate surface area is 188 Å². The van der Waals surface area contributed by atoms with Crippen molar-refractivity contribution in [3.63, 3.8) is 0 Å². The summed E-state index contributed by atoms with van der Waals surface area (Å²) in [7, 11) is -3.54. The van der Waals surface area contributed by atoms with Gasteiger partial charge in [0.25, 0.3) is 0 Å². The number of halogens is 2. The van der Waals surface area contributed by atoms with E-state index in [9.17, 15) is 17.6 Å². The van der Waals surface area contributed by atoms with Gasteiger partial charge >= 0.3 is 6.09 Å². The van der Waals surface area contributed by atoms with Crippen LogP contribution in [0.2, 0.25) is 0 Å². The minimum atomic E-state index is -3.54. The average Bonchev–Trinajstić information content (AvgIpc) is 3.36. The fourth-order valence-corrected chi connectivity index (χ4v) is 4.55. The molecule has 2 fully saturated rings. The Morgan fingerprint density at radius 1 is 1.41 bits per heavy atom. The van der Waals surface area contributed by atoms with Crippen LogP contribution < -0.4 is 4.72 Å². The number of amides is 1. The summed E-state index contributed by atoms with van der Waals surface area (Å²) >= 11 is 0. The molecule has 3 unspecified atom stereocenters. The number of likely N-dealkylation sites (tertiary alicyclic amines) is 1. The maximum Gasteiger partial charge on any atom is 0.410 e. The van der Waals surface area contributed by atoms with E-state index in [-0.39, 0.29) is 29.7 Å². The molecule has 1 aliphatic carbocycles. The van der Waals surface area contributed by atoms with E-state index in [0.29, 0.717) is 12.0 Å². The molecule has 3 rings (SSSR count). The van der Waals surface area contributed by atoms with Crippen LogP contribution in [0.15, 0.2) is 18.2 Å². The number of rotatable bonds is 7. The van der Waals surface area contributed by atoms with Gasteiger partial charge in [0.05, 0.1) is 17.4 Å². The zero-order chi connectivity index (χ0) is 23.5. The SMILES string of the molecule is CCS(=O)(=O)NC1CCN(C(=O)OCC(C)F)C1Cc1cccc(C#CC2(C)CC2)c1F. The first-order chi connectivity index (χ1) is 15.0. The van der Waals surface area contributed by atoms with Gasteiger partial charge in [0.15, 0.2) is 0 Å². The molecule has 0 spiro atoms. The molecule has 1 saturated heterocycles. The van der Waals surface area contributed by atoms with Gasteiger partial charge in [0.1, 0.15) is 18.6 Å². The lowest BCUT2D eigenvalue weighted by molar-refractivity contribution is 0.0765. The van der Waals surface area contributed by atoms with Crippen LogP contribution in [0.1, 0.15) is 51.2 Å². The zero-order valence-corrected chi connectivity index (χ0v) is 19.5. The number of sulfonamides is 1. The number of alkyl halides is 1. The fourth-order valence-electron chi connectivity index (χ4n) is 3.64. The van der Waals surface area contributed by atoms with Crippen LogP contribution in [-0.4, -0.2) is 56.6 Å². The summed E-state index contributed by atoms with van der Waals surface area (Å²) in [6.45, 7) is 4.65. The van der Waals surface area contributed by atoms with Crippen LogP contribution in [0.25, 0.3) is 0 Å². The molecular formula is C23H30F2N2O4S. The lowest BCUT2D eigenvalue weighted by Gasteiger charge is -2.28. The number of nitrogens with zero attached hydrogens (tertiary/aromatic N) is 1. The summed E-state index contributed by atoms with van der Waals surface area (Å²) < 4.78 is 60.3. The number of hydrogen-bond acceptors (Lipinski definition) is 4.